The standard InChI is InChI=1S/C7H13O3S/c1-11(8,9)6-7-4-2-3-5-10-7/h7H,1-6H2. The van der Waals surface area contributed by atoms with E-state index in [1.165, 1.54) is 0 Å². The molecule has 0 saturated carbocycles. The molecule has 0 aromatic carbocycles. The zero-order chi connectivity index (χ0) is 8.32. The summed E-state index contributed by atoms with van der Waals surface area (Å²) in [7, 11) is -3.10. The van der Waals surface area contributed by atoms with Crippen molar-refractivity contribution in [2.45, 2.75) is 25.4 Å². The largest absolute Gasteiger partial charge is 0.377 e. The minimum absolute atomic E-state index is 0.0764. The number of hydrogen-bond acceptors (Lipinski definition) is 3. The first-order valence-corrected chi connectivity index (χ1v) is 5.57. The van der Waals surface area contributed by atoms with E-state index in [0.717, 1.165) is 19.3 Å². The van der Waals surface area contributed by atoms with Gasteiger partial charge in [-0.25, -0.2) is 8.42 Å². The van der Waals surface area contributed by atoms with Crippen LogP contribution in [0.5, 0.6) is 0 Å². The number of hydrogen-bond donors (Lipinski definition) is 0. The molecule has 1 unspecified atom stereocenters. The van der Waals surface area contributed by atoms with Crippen LogP contribution >= 0.6 is 0 Å². The second kappa shape index (κ2) is 3.54. The van der Waals surface area contributed by atoms with E-state index in [0.29, 0.717) is 6.61 Å². The van der Waals surface area contributed by atoms with Crippen LogP contribution in [0.4, 0.5) is 0 Å². The van der Waals surface area contributed by atoms with Gasteiger partial charge in [0.05, 0.1) is 18.1 Å². The van der Waals surface area contributed by atoms with E-state index in [9.17, 15) is 8.42 Å². The zero-order valence-electron chi connectivity index (χ0n) is 6.45. The Morgan fingerprint density at radius 2 is 2.18 bits per heavy atom. The van der Waals surface area contributed by atoms with Crippen molar-refractivity contribution >= 4 is 9.84 Å². The second-order valence-corrected chi connectivity index (χ2v) is 4.72. The Balaban J connectivity index is 2.36. The van der Waals surface area contributed by atoms with Crippen LogP contribution in [-0.4, -0.2) is 26.9 Å². The van der Waals surface area contributed by atoms with Crippen molar-refractivity contribution in [3.8, 4) is 0 Å². The van der Waals surface area contributed by atoms with E-state index in [1.807, 2.05) is 0 Å². The average molecular weight is 177 g/mol. The molecule has 11 heavy (non-hydrogen) atoms. The topological polar surface area (TPSA) is 43.4 Å². The molecule has 0 N–H and O–H groups in total. The summed E-state index contributed by atoms with van der Waals surface area (Å²) in [4.78, 5) is 0. The predicted molar refractivity (Wildman–Crippen MR) is 42.7 cm³/mol. The van der Waals surface area contributed by atoms with E-state index in [4.69, 9.17) is 4.74 Å². The van der Waals surface area contributed by atoms with Gasteiger partial charge in [-0.05, 0) is 19.3 Å². The molecule has 4 heteroatoms. The first kappa shape index (κ1) is 9.00. The predicted octanol–water partition coefficient (Wildman–Crippen LogP) is 0.762. The van der Waals surface area contributed by atoms with Crippen LogP contribution < -0.4 is 0 Å². The van der Waals surface area contributed by atoms with Gasteiger partial charge in [-0.2, -0.15) is 0 Å². The molecule has 1 aliphatic rings. The highest BCUT2D eigenvalue weighted by Crippen LogP contribution is 2.13. The van der Waals surface area contributed by atoms with Gasteiger partial charge >= 0.3 is 0 Å². The third kappa shape index (κ3) is 3.72. The molecule has 1 heterocycles. The van der Waals surface area contributed by atoms with Crippen LogP contribution in [-0.2, 0) is 14.6 Å². The van der Waals surface area contributed by atoms with Gasteiger partial charge in [0.25, 0.3) is 0 Å². The molecule has 1 rings (SSSR count). The molecule has 0 amide bonds. The summed E-state index contributed by atoms with van der Waals surface area (Å²) in [6.07, 6.45) is 5.93. The first-order chi connectivity index (χ1) is 5.08. The lowest BCUT2D eigenvalue weighted by atomic mass is 10.1. The molecule has 0 aromatic heterocycles. The SMILES string of the molecule is [CH2]S(=O)(=O)CC1CCCCO1. The molecular formula is C7H13O3S. The molecular weight excluding hydrogens is 164 g/mol. The Morgan fingerprint density at radius 3 is 2.64 bits per heavy atom. The van der Waals surface area contributed by atoms with Crippen molar-refractivity contribution in [3.63, 3.8) is 0 Å². The minimum atomic E-state index is -3.10. The van der Waals surface area contributed by atoms with Gasteiger partial charge in [0.15, 0.2) is 9.84 Å². The van der Waals surface area contributed by atoms with Gasteiger partial charge in [0.2, 0.25) is 0 Å². The fourth-order valence-corrected chi connectivity index (χ4v) is 2.05. The summed E-state index contributed by atoms with van der Waals surface area (Å²) in [5.41, 5.74) is 0. The van der Waals surface area contributed by atoms with Crippen molar-refractivity contribution in [1.82, 2.24) is 0 Å². The summed E-state index contributed by atoms with van der Waals surface area (Å²) in [5.74, 6) is 0.0764. The zero-order valence-corrected chi connectivity index (χ0v) is 7.27. The van der Waals surface area contributed by atoms with E-state index in [2.05, 4.69) is 6.26 Å². The van der Waals surface area contributed by atoms with Crippen molar-refractivity contribution in [2.24, 2.45) is 0 Å². The Labute approximate surface area is 67.7 Å². The van der Waals surface area contributed by atoms with Crippen LogP contribution in [0.15, 0.2) is 0 Å². The molecule has 1 aliphatic heterocycles. The van der Waals surface area contributed by atoms with Gasteiger partial charge in [-0.3, -0.25) is 0 Å². The lowest BCUT2D eigenvalue weighted by Crippen LogP contribution is -2.26. The minimum Gasteiger partial charge on any atom is -0.377 e. The number of sulfone groups is 1. The lowest BCUT2D eigenvalue weighted by molar-refractivity contribution is 0.0306. The molecule has 0 aromatic rings. The summed E-state index contributed by atoms with van der Waals surface area (Å²) >= 11 is 0. The maximum absolute atomic E-state index is 10.7. The molecule has 0 aliphatic carbocycles. The molecule has 65 valence electrons. The fourth-order valence-electron chi connectivity index (χ4n) is 1.22. The molecule has 1 atom stereocenters. The van der Waals surface area contributed by atoms with Crippen LogP contribution in [0.2, 0.25) is 0 Å². The van der Waals surface area contributed by atoms with Gasteiger partial charge in [-0.15, -0.1) is 0 Å². The third-order valence-corrected chi connectivity index (χ3v) is 2.59. The Hall–Kier alpha value is -0.0900. The van der Waals surface area contributed by atoms with Gasteiger partial charge in [-0.1, -0.05) is 0 Å². The van der Waals surface area contributed by atoms with Gasteiger partial charge in [0.1, 0.15) is 0 Å². The summed E-state index contributed by atoms with van der Waals surface area (Å²) in [5, 5.41) is 0. The molecule has 1 radical (unpaired) electrons. The first-order valence-electron chi connectivity index (χ1n) is 3.75. The Morgan fingerprint density at radius 1 is 1.45 bits per heavy atom. The van der Waals surface area contributed by atoms with Crippen LogP contribution in [0.25, 0.3) is 0 Å². The quantitative estimate of drug-likeness (QED) is 0.625. The van der Waals surface area contributed by atoms with Crippen molar-refractivity contribution in [1.29, 1.82) is 0 Å². The van der Waals surface area contributed by atoms with Crippen LogP contribution in [0, 0.1) is 6.26 Å². The lowest BCUT2D eigenvalue weighted by Gasteiger charge is -2.21. The highest BCUT2D eigenvalue weighted by Gasteiger charge is 2.18. The highest BCUT2D eigenvalue weighted by atomic mass is 32.2. The van der Waals surface area contributed by atoms with E-state index < -0.39 is 9.84 Å². The average Bonchev–Trinajstić information content (AvgIpc) is 1.85. The molecule has 0 spiro atoms. The van der Waals surface area contributed by atoms with Crippen LogP contribution in [0.1, 0.15) is 19.3 Å². The summed E-state index contributed by atoms with van der Waals surface area (Å²) in [6.45, 7) is 0.695. The molecule has 1 saturated heterocycles. The van der Waals surface area contributed by atoms with E-state index >= 15 is 0 Å². The van der Waals surface area contributed by atoms with Crippen molar-refractivity contribution in [2.75, 3.05) is 12.4 Å². The third-order valence-electron chi connectivity index (χ3n) is 1.71. The van der Waals surface area contributed by atoms with Crippen LogP contribution in [0.3, 0.4) is 0 Å². The summed E-state index contributed by atoms with van der Waals surface area (Å²) < 4.78 is 26.7. The van der Waals surface area contributed by atoms with Gasteiger partial charge < -0.3 is 4.74 Å². The highest BCUT2D eigenvalue weighted by molar-refractivity contribution is 7.92. The maximum Gasteiger partial charge on any atom is 0.153 e. The maximum atomic E-state index is 10.7. The molecule has 3 nitrogen and oxygen atoms in total. The van der Waals surface area contributed by atoms with Crippen molar-refractivity contribution < 1.29 is 13.2 Å². The smallest absolute Gasteiger partial charge is 0.153 e. The molecule has 1 fully saturated rings. The second-order valence-electron chi connectivity index (χ2n) is 2.90. The Bertz CT molecular complexity index is 202. The fraction of sp³-hybridized carbons (Fsp3) is 0.857. The van der Waals surface area contributed by atoms with E-state index in [1.54, 1.807) is 0 Å². The van der Waals surface area contributed by atoms with Gasteiger partial charge in [0, 0.05) is 6.61 Å². The number of rotatable bonds is 2. The monoisotopic (exact) mass is 177 g/mol. The number of ether oxygens (including phenoxy) is 1. The Kier molecular flexibility index (Phi) is 2.90. The molecule has 0 bridgehead atoms. The van der Waals surface area contributed by atoms with Crippen molar-refractivity contribution in [3.05, 3.63) is 6.26 Å². The normalized spacial score (nSPS) is 26.8. The van der Waals surface area contributed by atoms with E-state index in [-0.39, 0.29) is 11.9 Å². The summed E-state index contributed by atoms with van der Waals surface area (Å²) in [6, 6.07) is 0.